The molecule has 1 aromatic heterocycles. The van der Waals surface area contributed by atoms with Gasteiger partial charge in [0.05, 0.1) is 21.8 Å². The molecule has 2 N–H and O–H groups in total. The van der Waals surface area contributed by atoms with Crippen molar-refractivity contribution in [3.63, 3.8) is 0 Å². The van der Waals surface area contributed by atoms with Crippen LogP contribution in [0.15, 0.2) is 41.6 Å². The van der Waals surface area contributed by atoms with Gasteiger partial charge in [0.25, 0.3) is 0 Å². The number of rotatable bonds is 4. The Morgan fingerprint density at radius 1 is 1.23 bits per heavy atom. The van der Waals surface area contributed by atoms with Crippen LogP contribution in [0.5, 0.6) is 0 Å². The number of aliphatic carboxylic acids is 1. The first-order valence-corrected chi connectivity index (χ1v) is 8.07. The molecule has 112 valence electrons. The number of fused-ring (bicyclic) bond motifs is 1. The average molecular weight is 353 g/mol. The topological polar surface area (TPSA) is 66.0 Å². The number of nitrogens with one attached hydrogen (secondary N) is 1. The van der Waals surface area contributed by atoms with Crippen LogP contribution in [0.2, 0.25) is 10.0 Å². The van der Waals surface area contributed by atoms with Crippen LogP contribution >= 0.6 is 35.0 Å². The monoisotopic (exact) mass is 352 g/mol. The first-order chi connectivity index (χ1) is 10.5. The highest BCUT2D eigenvalue weighted by atomic mass is 35.5. The van der Waals surface area contributed by atoms with E-state index in [-0.39, 0.29) is 5.75 Å². The first-order valence-electron chi connectivity index (χ1n) is 6.33. The van der Waals surface area contributed by atoms with Crippen LogP contribution in [0, 0.1) is 0 Å². The van der Waals surface area contributed by atoms with E-state index in [1.165, 1.54) is 0 Å². The van der Waals surface area contributed by atoms with Gasteiger partial charge in [0.1, 0.15) is 0 Å². The van der Waals surface area contributed by atoms with Gasteiger partial charge in [-0.3, -0.25) is 4.79 Å². The lowest BCUT2D eigenvalue weighted by atomic mass is 10.1. The molecular weight excluding hydrogens is 343 g/mol. The highest BCUT2D eigenvalue weighted by Crippen LogP contribution is 2.33. The Morgan fingerprint density at radius 2 is 1.95 bits per heavy atom. The third-order valence-corrected chi connectivity index (χ3v) is 4.46. The van der Waals surface area contributed by atoms with E-state index in [1.807, 2.05) is 18.2 Å². The minimum absolute atomic E-state index is 0.0441. The molecule has 0 saturated heterocycles. The molecule has 0 atom stereocenters. The quantitative estimate of drug-likeness (QED) is 0.667. The third-order valence-electron chi connectivity index (χ3n) is 3.04. The van der Waals surface area contributed by atoms with Crippen molar-refractivity contribution >= 4 is 52.0 Å². The van der Waals surface area contributed by atoms with Crippen molar-refractivity contribution in [1.82, 2.24) is 9.97 Å². The average Bonchev–Trinajstić information content (AvgIpc) is 2.87. The Morgan fingerprint density at radius 3 is 2.64 bits per heavy atom. The second kappa shape index (κ2) is 6.20. The van der Waals surface area contributed by atoms with Gasteiger partial charge in [-0.15, -0.1) is 0 Å². The number of carboxylic acid groups (broad SMARTS) is 1. The van der Waals surface area contributed by atoms with E-state index in [4.69, 9.17) is 28.3 Å². The Labute approximate surface area is 140 Å². The van der Waals surface area contributed by atoms with Gasteiger partial charge < -0.3 is 10.1 Å². The molecule has 22 heavy (non-hydrogen) atoms. The smallest absolute Gasteiger partial charge is 0.313 e. The molecule has 0 saturated carbocycles. The molecule has 0 aliphatic heterocycles. The van der Waals surface area contributed by atoms with Gasteiger partial charge in [0.2, 0.25) is 0 Å². The molecule has 3 aromatic rings. The van der Waals surface area contributed by atoms with Gasteiger partial charge in [-0.1, -0.05) is 47.1 Å². The summed E-state index contributed by atoms with van der Waals surface area (Å²) in [6, 6.07) is 11.1. The maximum absolute atomic E-state index is 10.6. The van der Waals surface area contributed by atoms with Crippen LogP contribution in [0.1, 0.15) is 0 Å². The molecule has 0 unspecified atom stereocenters. The number of aromatic nitrogens is 2. The summed E-state index contributed by atoms with van der Waals surface area (Å²) in [6.07, 6.45) is 0. The lowest BCUT2D eigenvalue weighted by molar-refractivity contribution is -0.133. The summed E-state index contributed by atoms with van der Waals surface area (Å²) in [6.45, 7) is 0. The molecule has 3 rings (SSSR count). The van der Waals surface area contributed by atoms with E-state index in [2.05, 4.69) is 9.97 Å². The van der Waals surface area contributed by atoms with Crippen LogP contribution in [0.4, 0.5) is 0 Å². The molecule has 2 aromatic carbocycles. The van der Waals surface area contributed by atoms with E-state index >= 15 is 0 Å². The molecule has 0 aliphatic rings. The fraction of sp³-hybridized carbons (Fsp3) is 0.0667. The maximum atomic E-state index is 10.6. The maximum Gasteiger partial charge on any atom is 0.313 e. The van der Waals surface area contributed by atoms with Crippen LogP contribution in [-0.4, -0.2) is 26.8 Å². The Kier molecular flexibility index (Phi) is 4.29. The molecule has 0 bridgehead atoms. The van der Waals surface area contributed by atoms with Gasteiger partial charge in [0, 0.05) is 10.6 Å². The highest BCUT2D eigenvalue weighted by molar-refractivity contribution is 7.99. The van der Waals surface area contributed by atoms with Crippen molar-refractivity contribution in [2.24, 2.45) is 0 Å². The summed E-state index contributed by atoms with van der Waals surface area (Å²) < 4.78 is 0. The normalized spacial score (nSPS) is 11.0. The summed E-state index contributed by atoms with van der Waals surface area (Å²) >= 11 is 13.4. The van der Waals surface area contributed by atoms with E-state index < -0.39 is 5.97 Å². The standard InChI is InChI=1S/C15H10Cl2N2O2S/c16-9-3-1-8(2-4-9)10-5-12-13(6-11(10)17)19-15(18-12)22-7-14(20)21/h1-6H,7H2,(H,18,19)(H,20,21). The SMILES string of the molecule is O=C(O)CSc1nc2cc(-c3ccc(Cl)cc3)c(Cl)cc2[nH]1. The van der Waals surface area contributed by atoms with Crippen LogP contribution in [-0.2, 0) is 4.79 Å². The van der Waals surface area contributed by atoms with Crippen LogP contribution in [0.3, 0.4) is 0 Å². The van der Waals surface area contributed by atoms with Gasteiger partial charge in [-0.05, 0) is 29.8 Å². The molecule has 4 nitrogen and oxygen atoms in total. The number of halogens is 2. The first kappa shape index (κ1) is 15.2. The molecule has 0 spiro atoms. The van der Waals surface area contributed by atoms with Gasteiger partial charge in [0.15, 0.2) is 5.16 Å². The van der Waals surface area contributed by atoms with Gasteiger partial charge >= 0.3 is 5.97 Å². The predicted molar refractivity (Wildman–Crippen MR) is 89.9 cm³/mol. The number of hydrogen-bond acceptors (Lipinski definition) is 3. The number of hydrogen-bond donors (Lipinski definition) is 2. The van der Waals surface area contributed by atoms with E-state index in [0.717, 1.165) is 33.9 Å². The van der Waals surface area contributed by atoms with Crippen molar-refractivity contribution in [2.45, 2.75) is 5.16 Å². The number of imidazole rings is 1. The Balaban J connectivity index is 2.00. The van der Waals surface area contributed by atoms with Gasteiger partial charge in [-0.25, -0.2) is 4.98 Å². The summed E-state index contributed by atoms with van der Waals surface area (Å²) in [4.78, 5) is 18.1. The second-order valence-electron chi connectivity index (χ2n) is 4.58. The lowest BCUT2D eigenvalue weighted by Crippen LogP contribution is -1.97. The second-order valence-corrected chi connectivity index (χ2v) is 6.39. The van der Waals surface area contributed by atoms with Crippen molar-refractivity contribution in [2.75, 3.05) is 5.75 Å². The van der Waals surface area contributed by atoms with Gasteiger partial charge in [-0.2, -0.15) is 0 Å². The largest absolute Gasteiger partial charge is 0.481 e. The lowest BCUT2D eigenvalue weighted by Gasteiger charge is -2.04. The number of nitrogens with zero attached hydrogens (tertiary/aromatic N) is 1. The van der Waals surface area contributed by atoms with Crippen LogP contribution < -0.4 is 0 Å². The number of thioether (sulfide) groups is 1. The molecule has 0 aliphatic carbocycles. The van der Waals surface area contributed by atoms with Crippen molar-refractivity contribution in [3.8, 4) is 11.1 Å². The zero-order valence-corrected chi connectivity index (χ0v) is 13.5. The van der Waals surface area contributed by atoms with E-state index in [9.17, 15) is 4.79 Å². The van der Waals surface area contributed by atoms with Crippen molar-refractivity contribution in [1.29, 1.82) is 0 Å². The summed E-state index contributed by atoms with van der Waals surface area (Å²) in [5.74, 6) is -0.928. The van der Waals surface area contributed by atoms with E-state index in [1.54, 1.807) is 18.2 Å². The Bertz CT molecular complexity index is 847. The van der Waals surface area contributed by atoms with E-state index in [0.29, 0.717) is 15.2 Å². The molecule has 0 amide bonds. The predicted octanol–water partition coefficient (Wildman–Crippen LogP) is 4.71. The molecular formula is C15H10Cl2N2O2S. The fourth-order valence-electron chi connectivity index (χ4n) is 2.06. The molecule has 7 heteroatoms. The Hall–Kier alpha value is -1.69. The molecule has 0 radical (unpaired) electrons. The minimum Gasteiger partial charge on any atom is -0.481 e. The number of aromatic amines is 1. The zero-order chi connectivity index (χ0) is 15.7. The number of carbonyl (C=O) groups is 1. The number of benzene rings is 2. The van der Waals surface area contributed by atoms with Crippen molar-refractivity contribution in [3.05, 3.63) is 46.4 Å². The number of carboxylic acids is 1. The summed E-state index contributed by atoms with van der Waals surface area (Å²) in [5.41, 5.74) is 3.31. The summed E-state index contributed by atoms with van der Waals surface area (Å²) in [7, 11) is 0. The minimum atomic E-state index is -0.884. The van der Waals surface area contributed by atoms with Crippen LogP contribution in [0.25, 0.3) is 22.2 Å². The fourth-order valence-corrected chi connectivity index (χ4v) is 3.06. The van der Waals surface area contributed by atoms with Crippen molar-refractivity contribution < 1.29 is 9.90 Å². The zero-order valence-electron chi connectivity index (χ0n) is 11.1. The molecule has 1 heterocycles. The number of H-pyrrole nitrogens is 1. The summed E-state index contributed by atoms with van der Waals surface area (Å²) in [5, 5.41) is 10.5. The molecule has 0 fully saturated rings. The third kappa shape index (κ3) is 3.21. The highest BCUT2D eigenvalue weighted by Gasteiger charge is 2.11.